The lowest BCUT2D eigenvalue weighted by atomic mass is 10.1. The molecule has 0 atom stereocenters. The van der Waals surface area contributed by atoms with Crippen LogP contribution in [0.25, 0.3) is 10.9 Å². The van der Waals surface area contributed by atoms with E-state index in [9.17, 15) is 0 Å². The number of benzene rings is 1. The van der Waals surface area contributed by atoms with Crippen LogP contribution in [0.2, 0.25) is 0 Å². The summed E-state index contributed by atoms with van der Waals surface area (Å²) in [5.41, 5.74) is 2.36. The molecule has 0 unspecified atom stereocenters. The fourth-order valence-electron chi connectivity index (χ4n) is 2.62. The van der Waals surface area contributed by atoms with Gasteiger partial charge in [0.25, 0.3) is 0 Å². The Morgan fingerprint density at radius 3 is 2.70 bits per heavy atom. The van der Waals surface area contributed by atoms with E-state index < -0.39 is 0 Å². The molecule has 4 heteroatoms. The zero-order valence-electron chi connectivity index (χ0n) is 14.5. The van der Waals surface area contributed by atoms with Crippen molar-refractivity contribution in [1.82, 2.24) is 15.6 Å². The average Bonchev–Trinajstić information content (AvgIpc) is 2.57. The second-order valence-corrected chi connectivity index (χ2v) is 6.20. The molecule has 1 aromatic heterocycles. The summed E-state index contributed by atoms with van der Waals surface area (Å²) in [6.45, 7) is 6.32. The van der Waals surface area contributed by atoms with Crippen molar-refractivity contribution in [2.24, 2.45) is 10.9 Å². The van der Waals surface area contributed by atoms with E-state index in [0.717, 1.165) is 36.9 Å². The SMILES string of the molecule is CN=C(NCCCC(C)C)NCCc1cccc2cccnc12. The fraction of sp³-hybridized carbons (Fsp3) is 0.474. The van der Waals surface area contributed by atoms with Gasteiger partial charge in [-0.25, -0.2) is 0 Å². The third-order valence-corrected chi connectivity index (χ3v) is 3.88. The van der Waals surface area contributed by atoms with Crippen LogP contribution in [0, 0.1) is 5.92 Å². The number of fused-ring (bicyclic) bond motifs is 1. The maximum Gasteiger partial charge on any atom is 0.190 e. The van der Waals surface area contributed by atoms with Crippen molar-refractivity contribution < 1.29 is 0 Å². The second-order valence-electron chi connectivity index (χ2n) is 6.20. The summed E-state index contributed by atoms with van der Waals surface area (Å²) in [7, 11) is 1.82. The molecule has 0 spiro atoms. The Hall–Kier alpha value is -2.10. The molecule has 0 aliphatic rings. The van der Waals surface area contributed by atoms with Gasteiger partial charge < -0.3 is 10.6 Å². The number of aliphatic imine (C=N–C) groups is 1. The van der Waals surface area contributed by atoms with Crippen LogP contribution < -0.4 is 10.6 Å². The number of hydrogen-bond acceptors (Lipinski definition) is 2. The van der Waals surface area contributed by atoms with Crippen LogP contribution in [0.4, 0.5) is 0 Å². The summed E-state index contributed by atoms with van der Waals surface area (Å²) in [5, 5.41) is 7.95. The van der Waals surface area contributed by atoms with Gasteiger partial charge in [-0.3, -0.25) is 9.98 Å². The van der Waals surface area contributed by atoms with E-state index >= 15 is 0 Å². The van der Waals surface area contributed by atoms with Gasteiger partial charge >= 0.3 is 0 Å². The summed E-state index contributed by atoms with van der Waals surface area (Å²) < 4.78 is 0. The number of nitrogens with zero attached hydrogens (tertiary/aromatic N) is 2. The standard InChI is InChI=1S/C19H28N4/c1-15(2)7-5-13-22-19(20-3)23-14-11-17-9-4-8-16-10-6-12-21-18(16)17/h4,6,8-10,12,15H,5,7,11,13-14H2,1-3H3,(H2,20,22,23). The fourth-order valence-corrected chi connectivity index (χ4v) is 2.62. The maximum atomic E-state index is 4.50. The Bertz CT molecular complexity index is 629. The average molecular weight is 312 g/mol. The predicted molar refractivity (Wildman–Crippen MR) is 98.9 cm³/mol. The lowest BCUT2D eigenvalue weighted by Gasteiger charge is -2.13. The molecule has 0 bridgehead atoms. The molecule has 1 aromatic carbocycles. The largest absolute Gasteiger partial charge is 0.356 e. The molecular weight excluding hydrogens is 284 g/mol. The molecule has 0 aliphatic carbocycles. The molecule has 0 saturated carbocycles. The molecular formula is C19H28N4. The highest BCUT2D eigenvalue weighted by Crippen LogP contribution is 2.15. The Balaban J connectivity index is 1.81. The van der Waals surface area contributed by atoms with E-state index in [-0.39, 0.29) is 0 Å². The van der Waals surface area contributed by atoms with Gasteiger partial charge in [0.2, 0.25) is 0 Å². The lowest BCUT2D eigenvalue weighted by Crippen LogP contribution is -2.38. The predicted octanol–water partition coefficient (Wildman–Crippen LogP) is 3.38. The van der Waals surface area contributed by atoms with Crippen LogP contribution in [0.15, 0.2) is 41.5 Å². The molecule has 0 fully saturated rings. The first-order valence-corrected chi connectivity index (χ1v) is 8.48. The van der Waals surface area contributed by atoms with Crippen LogP contribution in [-0.2, 0) is 6.42 Å². The molecule has 2 aromatic rings. The summed E-state index contributed by atoms with van der Waals surface area (Å²) in [5.74, 6) is 1.63. The molecule has 2 rings (SSSR count). The van der Waals surface area contributed by atoms with Gasteiger partial charge in [-0.15, -0.1) is 0 Å². The van der Waals surface area contributed by atoms with E-state index in [0.29, 0.717) is 0 Å². The Morgan fingerprint density at radius 1 is 1.13 bits per heavy atom. The van der Waals surface area contributed by atoms with Gasteiger partial charge in [-0.1, -0.05) is 38.1 Å². The van der Waals surface area contributed by atoms with E-state index in [4.69, 9.17) is 0 Å². The number of nitrogens with one attached hydrogen (secondary N) is 2. The van der Waals surface area contributed by atoms with Crippen molar-refractivity contribution in [2.75, 3.05) is 20.1 Å². The first-order valence-electron chi connectivity index (χ1n) is 8.48. The highest BCUT2D eigenvalue weighted by Gasteiger charge is 2.03. The van der Waals surface area contributed by atoms with Gasteiger partial charge in [0.15, 0.2) is 5.96 Å². The number of guanidine groups is 1. The summed E-state index contributed by atoms with van der Waals surface area (Å²) in [6, 6.07) is 10.4. The molecule has 0 amide bonds. The first kappa shape index (κ1) is 17.3. The number of pyridine rings is 1. The Kier molecular flexibility index (Phi) is 6.85. The number of hydrogen-bond donors (Lipinski definition) is 2. The number of para-hydroxylation sites is 1. The molecule has 4 nitrogen and oxygen atoms in total. The van der Waals surface area contributed by atoms with E-state index in [1.165, 1.54) is 23.8 Å². The van der Waals surface area contributed by atoms with E-state index in [1.807, 2.05) is 19.3 Å². The van der Waals surface area contributed by atoms with Crippen molar-refractivity contribution in [3.63, 3.8) is 0 Å². The highest BCUT2D eigenvalue weighted by molar-refractivity contribution is 5.82. The molecule has 0 radical (unpaired) electrons. The number of rotatable bonds is 7. The molecule has 0 saturated heterocycles. The quantitative estimate of drug-likeness (QED) is 0.468. The van der Waals surface area contributed by atoms with Crippen LogP contribution >= 0.6 is 0 Å². The van der Waals surface area contributed by atoms with Crippen molar-refractivity contribution in [1.29, 1.82) is 0 Å². The molecule has 124 valence electrons. The highest BCUT2D eigenvalue weighted by atomic mass is 15.2. The topological polar surface area (TPSA) is 49.3 Å². The van der Waals surface area contributed by atoms with Crippen LogP contribution in [0.5, 0.6) is 0 Å². The molecule has 2 N–H and O–H groups in total. The Labute approximate surface area is 139 Å². The van der Waals surface area contributed by atoms with Crippen molar-refractivity contribution in [3.05, 3.63) is 42.1 Å². The van der Waals surface area contributed by atoms with Gasteiger partial charge in [-0.2, -0.15) is 0 Å². The summed E-state index contributed by atoms with van der Waals surface area (Å²) >= 11 is 0. The van der Waals surface area contributed by atoms with E-state index in [1.54, 1.807) is 0 Å². The summed E-state index contributed by atoms with van der Waals surface area (Å²) in [4.78, 5) is 8.78. The first-order chi connectivity index (χ1) is 11.2. The van der Waals surface area contributed by atoms with Crippen LogP contribution in [0.3, 0.4) is 0 Å². The maximum absolute atomic E-state index is 4.50. The van der Waals surface area contributed by atoms with Crippen LogP contribution in [-0.4, -0.2) is 31.1 Å². The third kappa shape index (κ3) is 5.55. The minimum Gasteiger partial charge on any atom is -0.356 e. The molecule has 23 heavy (non-hydrogen) atoms. The van der Waals surface area contributed by atoms with Gasteiger partial charge in [-0.05, 0) is 36.8 Å². The number of aromatic nitrogens is 1. The third-order valence-electron chi connectivity index (χ3n) is 3.88. The molecule has 0 aliphatic heterocycles. The van der Waals surface area contributed by atoms with Crippen molar-refractivity contribution in [3.8, 4) is 0 Å². The smallest absolute Gasteiger partial charge is 0.190 e. The van der Waals surface area contributed by atoms with Gasteiger partial charge in [0.1, 0.15) is 0 Å². The zero-order valence-corrected chi connectivity index (χ0v) is 14.5. The normalized spacial score (nSPS) is 11.9. The van der Waals surface area contributed by atoms with E-state index in [2.05, 4.69) is 58.7 Å². The van der Waals surface area contributed by atoms with Crippen LogP contribution in [0.1, 0.15) is 32.3 Å². The monoisotopic (exact) mass is 312 g/mol. The summed E-state index contributed by atoms with van der Waals surface area (Å²) in [6.07, 6.45) is 5.20. The van der Waals surface area contributed by atoms with Gasteiger partial charge in [0, 0.05) is 31.7 Å². The minimum atomic E-state index is 0.755. The zero-order chi connectivity index (χ0) is 16.5. The van der Waals surface area contributed by atoms with Gasteiger partial charge in [0.05, 0.1) is 5.52 Å². The Morgan fingerprint density at radius 2 is 1.91 bits per heavy atom. The van der Waals surface area contributed by atoms with Crippen molar-refractivity contribution in [2.45, 2.75) is 33.1 Å². The van der Waals surface area contributed by atoms with Crippen molar-refractivity contribution >= 4 is 16.9 Å². The lowest BCUT2D eigenvalue weighted by molar-refractivity contribution is 0.549. The minimum absolute atomic E-state index is 0.755. The molecule has 1 heterocycles. The second kappa shape index (κ2) is 9.13.